The van der Waals surface area contributed by atoms with E-state index in [1.165, 1.54) is 11.1 Å². The summed E-state index contributed by atoms with van der Waals surface area (Å²) in [4.78, 5) is 2.72. The summed E-state index contributed by atoms with van der Waals surface area (Å²) in [5, 5.41) is 16.4. The molecule has 6 heteroatoms. The first-order chi connectivity index (χ1) is 10.2. The Morgan fingerprint density at radius 2 is 2.38 bits per heavy atom. The average Bonchev–Trinajstić information content (AvgIpc) is 2.54. The molecule has 1 N–H and O–H groups in total. The summed E-state index contributed by atoms with van der Waals surface area (Å²) >= 11 is 0. The summed E-state index contributed by atoms with van der Waals surface area (Å²) in [7, 11) is 1.65. The number of rotatable bonds is 6. The Hall–Kier alpha value is -2.22. The first-order valence-electron chi connectivity index (χ1n) is 7.06. The molecule has 0 aliphatic heterocycles. The van der Waals surface area contributed by atoms with Gasteiger partial charge in [0, 0.05) is 17.9 Å². The van der Waals surface area contributed by atoms with Gasteiger partial charge >= 0.3 is 0 Å². The van der Waals surface area contributed by atoms with E-state index >= 15 is 0 Å². The highest BCUT2D eigenvalue weighted by molar-refractivity contribution is 5.40. The second kappa shape index (κ2) is 6.98. The highest BCUT2D eigenvalue weighted by Crippen LogP contribution is 2.31. The van der Waals surface area contributed by atoms with Gasteiger partial charge in [-0.1, -0.05) is 11.2 Å². The maximum Gasteiger partial charge on any atom is 0.119 e. The Kier molecular flexibility index (Phi) is 5.04. The van der Waals surface area contributed by atoms with Crippen LogP contribution >= 0.6 is 0 Å². The first-order valence-corrected chi connectivity index (χ1v) is 7.06. The van der Waals surface area contributed by atoms with Crippen molar-refractivity contribution in [1.29, 1.82) is 5.26 Å². The molecule has 0 aromatic heterocycles. The molecule has 1 aromatic carbocycles. The number of methoxy groups -OCH3 is 1. The molecule has 6 nitrogen and oxygen atoms in total. The number of nitrogens with zero attached hydrogens (tertiary/aromatic N) is 4. The molecule has 1 aliphatic carbocycles. The molecule has 0 radical (unpaired) electrons. The van der Waals surface area contributed by atoms with Crippen LogP contribution in [-0.4, -0.2) is 25.7 Å². The first kappa shape index (κ1) is 15.2. The number of benzene rings is 1. The highest BCUT2D eigenvalue weighted by Gasteiger charge is 2.34. The van der Waals surface area contributed by atoms with Crippen molar-refractivity contribution < 1.29 is 4.74 Å². The summed E-state index contributed by atoms with van der Waals surface area (Å²) < 4.78 is 5.26. The van der Waals surface area contributed by atoms with Crippen molar-refractivity contribution in [3.05, 3.63) is 39.8 Å². The Morgan fingerprint density at radius 1 is 1.52 bits per heavy atom. The van der Waals surface area contributed by atoms with Gasteiger partial charge in [0.1, 0.15) is 11.3 Å². The van der Waals surface area contributed by atoms with E-state index in [0.29, 0.717) is 19.5 Å². The van der Waals surface area contributed by atoms with Gasteiger partial charge in [0.25, 0.3) is 0 Å². The average molecular weight is 285 g/mol. The third-order valence-electron chi connectivity index (χ3n) is 3.90. The summed E-state index contributed by atoms with van der Waals surface area (Å²) in [5.41, 5.74) is 10.2. The number of aryl methyl sites for hydroxylation is 1. The van der Waals surface area contributed by atoms with Crippen LogP contribution in [0, 0.1) is 11.3 Å². The zero-order valence-corrected chi connectivity index (χ0v) is 12.2. The van der Waals surface area contributed by atoms with Crippen molar-refractivity contribution in [2.24, 2.45) is 5.11 Å². The van der Waals surface area contributed by atoms with Crippen LogP contribution in [-0.2, 0) is 12.8 Å². The molecule has 1 aromatic rings. The molecule has 1 aliphatic rings. The zero-order valence-electron chi connectivity index (χ0n) is 12.2. The molecule has 0 saturated heterocycles. The summed E-state index contributed by atoms with van der Waals surface area (Å²) in [6, 6.07) is 8.49. The monoisotopic (exact) mass is 285 g/mol. The van der Waals surface area contributed by atoms with Gasteiger partial charge in [-0.3, -0.25) is 5.32 Å². The normalized spacial score (nSPS) is 20.0. The van der Waals surface area contributed by atoms with E-state index in [9.17, 15) is 5.26 Å². The number of ether oxygens (including phenoxy) is 1. The van der Waals surface area contributed by atoms with Crippen molar-refractivity contribution in [3.8, 4) is 11.8 Å². The minimum atomic E-state index is -0.532. The van der Waals surface area contributed by atoms with E-state index in [2.05, 4.69) is 27.5 Å². The predicted molar refractivity (Wildman–Crippen MR) is 80.0 cm³/mol. The fraction of sp³-hybridized carbons (Fsp3) is 0.533. The zero-order chi connectivity index (χ0) is 15.1. The maximum absolute atomic E-state index is 9.57. The summed E-state index contributed by atoms with van der Waals surface area (Å²) in [6.07, 6.45) is 3.09. The number of hydrogen-bond donors (Lipinski definition) is 1. The largest absolute Gasteiger partial charge is 0.497 e. The fourth-order valence-electron chi connectivity index (χ4n) is 2.71. The third kappa shape index (κ3) is 3.66. The Morgan fingerprint density at radius 3 is 3.10 bits per heavy atom. The molecule has 21 heavy (non-hydrogen) atoms. The molecule has 0 spiro atoms. The van der Waals surface area contributed by atoms with Gasteiger partial charge in [-0.15, -0.1) is 0 Å². The quantitative estimate of drug-likeness (QED) is 0.377. The topological polar surface area (TPSA) is 93.8 Å². The van der Waals surface area contributed by atoms with Crippen LogP contribution in [0.5, 0.6) is 5.75 Å². The number of nitriles is 1. The molecule has 0 amide bonds. The molecule has 2 rings (SSSR count). The lowest BCUT2D eigenvalue weighted by Crippen LogP contribution is -2.48. The van der Waals surface area contributed by atoms with E-state index in [-0.39, 0.29) is 0 Å². The fourth-order valence-corrected chi connectivity index (χ4v) is 2.71. The lowest BCUT2D eigenvalue weighted by molar-refractivity contribution is 0.362. The van der Waals surface area contributed by atoms with Crippen molar-refractivity contribution in [3.63, 3.8) is 0 Å². The van der Waals surface area contributed by atoms with Crippen molar-refractivity contribution in [1.82, 2.24) is 5.32 Å². The Bertz CT molecular complexity index is 588. The van der Waals surface area contributed by atoms with Crippen LogP contribution in [0.25, 0.3) is 10.4 Å². The van der Waals surface area contributed by atoms with Crippen molar-refractivity contribution >= 4 is 0 Å². The minimum Gasteiger partial charge on any atom is -0.497 e. The second-order valence-corrected chi connectivity index (χ2v) is 5.24. The van der Waals surface area contributed by atoms with E-state index in [1.54, 1.807) is 7.11 Å². The van der Waals surface area contributed by atoms with Crippen molar-refractivity contribution in [2.75, 3.05) is 20.2 Å². The van der Waals surface area contributed by atoms with E-state index in [1.807, 2.05) is 12.1 Å². The van der Waals surface area contributed by atoms with Gasteiger partial charge in [-0.2, -0.15) is 5.26 Å². The number of fused-ring (bicyclic) bond motifs is 1. The summed E-state index contributed by atoms with van der Waals surface area (Å²) in [5.74, 6) is 0.825. The number of nitrogens with one attached hydrogen (secondary N) is 1. The van der Waals surface area contributed by atoms with Gasteiger partial charge in [0.15, 0.2) is 0 Å². The molecule has 0 heterocycles. The van der Waals surface area contributed by atoms with Crippen LogP contribution in [0.15, 0.2) is 23.3 Å². The predicted octanol–water partition coefficient (Wildman–Crippen LogP) is 2.74. The molecule has 0 bridgehead atoms. The maximum atomic E-state index is 9.57. The molecule has 1 unspecified atom stereocenters. The van der Waals surface area contributed by atoms with Gasteiger partial charge in [0.05, 0.1) is 13.2 Å². The highest BCUT2D eigenvalue weighted by atomic mass is 16.5. The molecule has 1 atom stereocenters. The van der Waals surface area contributed by atoms with Crippen LogP contribution in [0.2, 0.25) is 0 Å². The van der Waals surface area contributed by atoms with Crippen LogP contribution in [0.1, 0.15) is 24.0 Å². The van der Waals surface area contributed by atoms with Gasteiger partial charge in [0.2, 0.25) is 0 Å². The van der Waals surface area contributed by atoms with E-state index in [0.717, 1.165) is 25.0 Å². The Labute approximate surface area is 124 Å². The third-order valence-corrected chi connectivity index (χ3v) is 3.90. The van der Waals surface area contributed by atoms with Gasteiger partial charge in [-0.05, 0) is 54.6 Å². The van der Waals surface area contributed by atoms with Crippen LogP contribution in [0.3, 0.4) is 0 Å². The number of hydrogen-bond acceptors (Lipinski definition) is 4. The van der Waals surface area contributed by atoms with E-state index in [4.69, 9.17) is 10.3 Å². The van der Waals surface area contributed by atoms with Gasteiger partial charge < -0.3 is 4.74 Å². The van der Waals surface area contributed by atoms with Gasteiger partial charge in [-0.25, -0.2) is 0 Å². The minimum absolute atomic E-state index is 0.454. The molecule has 110 valence electrons. The smallest absolute Gasteiger partial charge is 0.119 e. The lowest BCUT2D eigenvalue weighted by atomic mass is 9.78. The second-order valence-electron chi connectivity index (χ2n) is 5.24. The Balaban J connectivity index is 2.04. The molecular formula is C15H19N5O. The standard InChI is InChI=1S/C15H19N5O/c1-21-14-4-3-12-5-6-15(11-16,10-13(12)9-14)18-7-2-8-19-20-17/h3-4,9,18H,2,5-8,10H2,1H3. The lowest BCUT2D eigenvalue weighted by Gasteiger charge is -2.33. The van der Waals surface area contributed by atoms with Crippen molar-refractivity contribution in [2.45, 2.75) is 31.2 Å². The van der Waals surface area contributed by atoms with E-state index < -0.39 is 5.54 Å². The molecular weight excluding hydrogens is 266 g/mol. The SMILES string of the molecule is COc1ccc2c(c1)CC(C#N)(NCCCN=[N+]=[N-])CC2. The molecule has 0 saturated carbocycles. The number of azide groups is 1. The summed E-state index contributed by atoms with van der Waals surface area (Å²) in [6.45, 7) is 1.13. The van der Waals surface area contributed by atoms with Crippen LogP contribution < -0.4 is 10.1 Å². The van der Waals surface area contributed by atoms with Crippen LogP contribution in [0.4, 0.5) is 0 Å². The molecule has 0 fully saturated rings.